The molecule has 33 heavy (non-hydrogen) atoms. The Bertz CT molecular complexity index is 1170. The number of fused-ring (bicyclic) bond motifs is 3. The molecule has 2 aromatic carbocycles. The molecule has 1 fully saturated rings. The first-order valence-corrected chi connectivity index (χ1v) is 11.8. The highest BCUT2D eigenvalue weighted by molar-refractivity contribution is 6.00. The van der Waals surface area contributed by atoms with E-state index in [0.29, 0.717) is 18.5 Å². The van der Waals surface area contributed by atoms with E-state index in [9.17, 15) is 9.90 Å². The number of aliphatic hydroxyl groups excluding tert-OH is 1. The van der Waals surface area contributed by atoms with E-state index in [1.807, 2.05) is 43.3 Å². The van der Waals surface area contributed by atoms with Crippen molar-refractivity contribution in [2.45, 2.75) is 70.1 Å². The summed E-state index contributed by atoms with van der Waals surface area (Å²) < 4.78 is 17.8. The van der Waals surface area contributed by atoms with E-state index in [0.717, 1.165) is 59.3 Å². The molecule has 2 N–H and O–H groups in total. The smallest absolute Gasteiger partial charge is 0.287 e. The van der Waals surface area contributed by atoms with E-state index in [2.05, 4.69) is 5.32 Å². The zero-order valence-electron chi connectivity index (χ0n) is 19.3. The first-order valence-electron chi connectivity index (χ1n) is 11.8. The van der Waals surface area contributed by atoms with E-state index in [4.69, 9.17) is 13.9 Å². The first kappa shape index (κ1) is 21.8. The Labute approximate surface area is 193 Å². The molecule has 1 saturated carbocycles. The number of furan rings is 1. The Balaban J connectivity index is 1.42. The molecule has 1 amide bonds. The maximum atomic E-state index is 13.0. The monoisotopic (exact) mass is 449 g/mol. The quantitative estimate of drug-likeness (QED) is 0.543. The first-order chi connectivity index (χ1) is 16.0. The van der Waals surface area contributed by atoms with Crippen molar-refractivity contribution >= 4 is 16.9 Å². The molecule has 5 rings (SSSR count). The molecule has 2 aliphatic rings. The molecule has 1 atom stereocenters. The molecular formula is C27H31NO5. The normalized spacial score (nSPS) is 19.5. The molecular weight excluding hydrogens is 418 g/mol. The van der Waals surface area contributed by atoms with Crippen molar-refractivity contribution in [1.29, 1.82) is 0 Å². The predicted octanol–water partition coefficient (Wildman–Crippen LogP) is 5.59. The highest BCUT2D eigenvalue weighted by Crippen LogP contribution is 2.49. The SMILES string of the molecule is COc1cccc(CNC(=O)c2oc3ccc4c(c3c2C)C(O)CC2(CCCCCC2)O4)c1. The van der Waals surface area contributed by atoms with Gasteiger partial charge in [-0.2, -0.15) is 0 Å². The van der Waals surface area contributed by atoms with Crippen LogP contribution < -0.4 is 14.8 Å². The number of nitrogens with one attached hydrogen (secondary N) is 1. The third-order valence-electron chi connectivity index (χ3n) is 7.13. The third kappa shape index (κ3) is 4.08. The fourth-order valence-electron chi connectivity index (χ4n) is 5.44. The van der Waals surface area contributed by atoms with Gasteiger partial charge in [-0.25, -0.2) is 0 Å². The number of methoxy groups -OCH3 is 1. The summed E-state index contributed by atoms with van der Waals surface area (Å²) in [6.45, 7) is 2.23. The number of aliphatic hydroxyl groups is 1. The maximum absolute atomic E-state index is 13.0. The Morgan fingerprint density at radius 1 is 1.18 bits per heavy atom. The molecule has 1 aromatic heterocycles. The number of rotatable bonds is 4. The number of benzene rings is 2. The number of ether oxygens (including phenoxy) is 2. The lowest BCUT2D eigenvalue weighted by Crippen LogP contribution is -2.40. The summed E-state index contributed by atoms with van der Waals surface area (Å²) in [5, 5.41) is 14.9. The van der Waals surface area contributed by atoms with Crippen molar-refractivity contribution in [3.63, 3.8) is 0 Å². The van der Waals surface area contributed by atoms with Crippen LogP contribution in [0.5, 0.6) is 11.5 Å². The summed E-state index contributed by atoms with van der Waals surface area (Å²) in [4.78, 5) is 13.0. The van der Waals surface area contributed by atoms with Crippen LogP contribution in [-0.4, -0.2) is 23.7 Å². The molecule has 0 radical (unpaired) electrons. The number of hydrogen-bond donors (Lipinski definition) is 2. The molecule has 174 valence electrons. The van der Waals surface area contributed by atoms with E-state index >= 15 is 0 Å². The molecule has 0 saturated heterocycles. The fourth-order valence-corrected chi connectivity index (χ4v) is 5.44. The molecule has 6 heteroatoms. The van der Waals surface area contributed by atoms with Crippen molar-refractivity contribution in [3.05, 3.63) is 58.8 Å². The number of hydrogen-bond acceptors (Lipinski definition) is 5. The molecule has 2 heterocycles. The summed E-state index contributed by atoms with van der Waals surface area (Å²) in [6, 6.07) is 11.3. The standard InChI is InChI=1S/C27H31NO5/c1-17-23-21(32-25(17)26(30)28-16-18-8-7-9-19(14-18)31-2)10-11-22-24(23)20(29)15-27(33-22)12-5-3-4-6-13-27/h7-11,14,20,29H,3-6,12-13,15-16H2,1-2H3,(H,28,30). The Morgan fingerprint density at radius 3 is 2.73 bits per heavy atom. The van der Waals surface area contributed by atoms with Gasteiger partial charge in [0.05, 0.1) is 13.2 Å². The van der Waals surface area contributed by atoms with Gasteiger partial charge in [-0.05, 0) is 62.4 Å². The Morgan fingerprint density at radius 2 is 1.97 bits per heavy atom. The highest BCUT2D eigenvalue weighted by Gasteiger charge is 2.42. The number of amides is 1. The minimum absolute atomic E-state index is 0.267. The minimum Gasteiger partial charge on any atom is -0.497 e. The van der Waals surface area contributed by atoms with Gasteiger partial charge in [0.1, 0.15) is 22.7 Å². The van der Waals surface area contributed by atoms with Crippen molar-refractivity contribution in [2.24, 2.45) is 0 Å². The zero-order valence-corrected chi connectivity index (χ0v) is 19.3. The Kier molecular flexibility index (Phi) is 5.79. The second-order valence-corrected chi connectivity index (χ2v) is 9.36. The van der Waals surface area contributed by atoms with Crippen molar-refractivity contribution in [3.8, 4) is 11.5 Å². The van der Waals surface area contributed by atoms with Crippen molar-refractivity contribution < 1.29 is 23.8 Å². The number of carbonyl (C=O) groups excluding carboxylic acids is 1. The van der Waals surface area contributed by atoms with Gasteiger partial charge in [0.15, 0.2) is 5.76 Å². The van der Waals surface area contributed by atoms with Crippen molar-refractivity contribution in [1.82, 2.24) is 5.32 Å². The van der Waals surface area contributed by atoms with Gasteiger partial charge in [0.25, 0.3) is 5.91 Å². The predicted molar refractivity (Wildman–Crippen MR) is 126 cm³/mol. The third-order valence-corrected chi connectivity index (χ3v) is 7.13. The van der Waals surface area contributed by atoms with Crippen LogP contribution in [0.3, 0.4) is 0 Å². The van der Waals surface area contributed by atoms with Gasteiger partial charge in [0.2, 0.25) is 0 Å². The number of carbonyl (C=O) groups is 1. The minimum atomic E-state index is -0.639. The topological polar surface area (TPSA) is 80.9 Å². The lowest BCUT2D eigenvalue weighted by molar-refractivity contribution is -0.0236. The van der Waals surface area contributed by atoms with Crippen LogP contribution >= 0.6 is 0 Å². The van der Waals surface area contributed by atoms with Crippen LogP contribution in [0.15, 0.2) is 40.8 Å². The molecule has 1 aliphatic heterocycles. The van der Waals surface area contributed by atoms with Crippen LogP contribution in [0, 0.1) is 6.92 Å². The van der Waals surface area contributed by atoms with E-state index in [-0.39, 0.29) is 17.3 Å². The second-order valence-electron chi connectivity index (χ2n) is 9.36. The van der Waals surface area contributed by atoms with Gasteiger partial charge in [-0.1, -0.05) is 25.0 Å². The van der Waals surface area contributed by atoms with Crippen LogP contribution in [0.1, 0.15) is 78.3 Å². The van der Waals surface area contributed by atoms with Crippen LogP contribution in [0.4, 0.5) is 0 Å². The van der Waals surface area contributed by atoms with Gasteiger partial charge in [0, 0.05) is 29.5 Å². The van der Waals surface area contributed by atoms with E-state index in [1.165, 1.54) is 12.8 Å². The van der Waals surface area contributed by atoms with Gasteiger partial charge >= 0.3 is 0 Å². The molecule has 3 aromatic rings. The summed E-state index contributed by atoms with van der Waals surface area (Å²) in [7, 11) is 1.62. The Hall–Kier alpha value is -2.99. The summed E-state index contributed by atoms with van der Waals surface area (Å²) in [5.41, 5.74) is 2.72. The summed E-state index contributed by atoms with van der Waals surface area (Å²) in [6.07, 6.45) is 6.61. The molecule has 0 bridgehead atoms. The second kappa shape index (κ2) is 8.75. The van der Waals surface area contributed by atoms with Crippen LogP contribution in [0.25, 0.3) is 11.0 Å². The van der Waals surface area contributed by atoms with Gasteiger partial charge < -0.3 is 24.3 Å². The average Bonchev–Trinajstić information content (AvgIpc) is 3.00. The molecule has 1 spiro atoms. The highest BCUT2D eigenvalue weighted by atomic mass is 16.5. The van der Waals surface area contributed by atoms with Gasteiger partial charge in [-0.15, -0.1) is 0 Å². The lowest BCUT2D eigenvalue weighted by Gasteiger charge is -2.40. The van der Waals surface area contributed by atoms with E-state index < -0.39 is 6.10 Å². The largest absolute Gasteiger partial charge is 0.497 e. The van der Waals surface area contributed by atoms with Crippen LogP contribution in [0.2, 0.25) is 0 Å². The van der Waals surface area contributed by atoms with E-state index in [1.54, 1.807) is 7.11 Å². The van der Waals surface area contributed by atoms with Crippen LogP contribution in [-0.2, 0) is 6.54 Å². The fraction of sp³-hybridized carbons (Fsp3) is 0.444. The molecule has 1 unspecified atom stereocenters. The zero-order chi connectivity index (χ0) is 23.0. The maximum Gasteiger partial charge on any atom is 0.287 e. The van der Waals surface area contributed by atoms with Gasteiger partial charge in [-0.3, -0.25) is 4.79 Å². The average molecular weight is 450 g/mol. The molecule has 1 aliphatic carbocycles. The molecule has 6 nitrogen and oxygen atoms in total. The summed E-state index contributed by atoms with van der Waals surface area (Å²) in [5.74, 6) is 1.44. The summed E-state index contributed by atoms with van der Waals surface area (Å²) >= 11 is 0. The lowest BCUT2D eigenvalue weighted by atomic mass is 9.82. The number of aryl methyl sites for hydroxylation is 1. The van der Waals surface area contributed by atoms with Crippen molar-refractivity contribution in [2.75, 3.05) is 7.11 Å².